The number of hydrogen-bond donors (Lipinski definition) is 0. The summed E-state index contributed by atoms with van der Waals surface area (Å²) in [6.45, 7) is 6.47. The molecule has 0 aliphatic carbocycles. The Kier molecular flexibility index (Phi) is 65.2. The third-order valence-electron chi connectivity index (χ3n) is 14.7. The smallest absolute Gasteiger partial charge is 0.306 e. The zero-order valence-corrected chi connectivity index (χ0v) is 53.3. The van der Waals surface area contributed by atoms with Crippen LogP contribution in [-0.2, 0) is 28.6 Å². The fourth-order valence-corrected chi connectivity index (χ4v) is 9.58. The maximum Gasteiger partial charge on any atom is 0.306 e. The van der Waals surface area contributed by atoms with Gasteiger partial charge in [-0.15, -0.1) is 0 Å². The summed E-state index contributed by atoms with van der Waals surface area (Å²) in [6, 6.07) is 0. The van der Waals surface area contributed by atoms with Gasteiger partial charge < -0.3 is 14.2 Å². The molecule has 0 heterocycles. The van der Waals surface area contributed by atoms with Gasteiger partial charge in [0.05, 0.1) is 0 Å². The second-order valence-corrected chi connectivity index (χ2v) is 22.7. The minimum absolute atomic E-state index is 0.0814. The zero-order chi connectivity index (χ0) is 58.5. The number of carbonyl (C=O) groups excluding carboxylic acids is 3. The summed E-state index contributed by atoms with van der Waals surface area (Å²) in [7, 11) is 0. The van der Waals surface area contributed by atoms with Crippen LogP contribution in [0.3, 0.4) is 0 Å². The standard InChI is InChI=1S/C75H128O6/c1-4-7-10-13-16-19-22-24-26-28-29-30-31-32-33-34-35-36-37-38-39-40-41-42-43-44-45-47-48-50-53-56-59-62-65-68-74(77)80-71-72(70-79-73(76)67-64-61-58-55-52-21-18-15-12-9-6-3)81-75(78)69-66-63-60-57-54-51-49-46-27-25-23-20-17-14-11-8-5-2/h7,10,15-20,24-27,29-30,32-33,35-36,72H,4-6,8-9,11-14,21-23,28,31,34,37-71H2,1-3H3/b10-7-,18-15-,19-16-,20-17-,26-24-,27-25-,30-29-,33-32-,36-35-. The lowest BCUT2D eigenvalue weighted by molar-refractivity contribution is -0.167. The molecule has 0 bridgehead atoms. The molecule has 0 amide bonds. The van der Waals surface area contributed by atoms with Crippen molar-refractivity contribution in [3.05, 3.63) is 109 Å². The first-order valence-electron chi connectivity index (χ1n) is 34.4. The second-order valence-electron chi connectivity index (χ2n) is 22.7. The average Bonchev–Trinajstić information content (AvgIpc) is 3.47. The van der Waals surface area contributed by atoms with Gasteiger partial charge >= 0.3 is 17.9 Å². The zero-order valence-electron chi connectivity index (χ0n) is 53.3. The van der Waals surface area contributed by atoms with Crippen molar-refractivity contribution < 1.29 is 28.6 Å². The van der Waals surface area contributed by atoms with Crippen molar-refractivity contribution in [3.8, 4) is 0 Å². The van der Waals surface area contributed by atoms with Crippen LogP contribution in [0.25, 0.3) is 0 Å². The first kappa shape index (κ1) is 77.1. The molecule has 0 aromatic rings. The topological polar surface area (TPSA) is 78.9 Å². The Bertz CT molecular complexity index is 1620. The van der Waals surface area contributed by atoms with Gasteiger partial charge in [-0.05, 0) is 122 Å². The highest BCUT2D eigenvalue weighted by molar-refractivity contribution is 5.71. The SMILES string of the molecule is CC/C=C\C/C=C\C/C=C\C/C=C\C/C=C\C/C=C\CCCCCCCCCCCCCCCCCCC(=O)OCC(COC(=O)CCCCCCC/C=C\CCCC)OC(=O)CCCCCCCCC/C=C\C/C=C\CCCCC. The lowest BCUT2D eigenvalue weighted by Crippen LogP contribution is -2.30. The number of unbranched alkanes of at least 4 members (excludes halogenated alkanes) is 33. The number of allylic oxidation sites excluding steroid dienone is 18. The van der Waals surface area contributed by atoms with Crippen LogP contribution >= 0.6 is 0 Å². The molecule has 81 heavy (non-hydrogen) atoms. The van der Waals surface area contributed by atoms with E-state index in [0.29, 0.717) is 19.3 Å². The molecule has 0 aliphatic rings. The molecule has 464 valence electrons. The maximum atomic E-state index is 12.9. The third kappa shape index (κ3) is 66.8. The van der Waals surface area contributed by atoms with Crippen LogP contribution in [0.4, 0.5) is 0 Å². The Morgan fingerprint density at radius 1 is 0.259 bits per heavy atom. The normalized spacial score (nSPS) is 12.8. The minimum atomic E-state index is -0.785. The largest absolute Gasteiger partial charge is 0.462 e. The Hall–Kier alpha value is -3.93. The van der Waals surface area contributed by atoms with Crippen LogP contribution in [0.2, 0.25) is 0 Å². The first-order valence-corrected chi connectivity index (χ1v) is 34.4. The highest BCUT2D eigenvalue weighted by Gasteiger charge is 2.19. The van der Waals surface area contributed by atoms with Crippen molar-refractivity contribution in [2.24, 2.45) is 0 Å². The van der Waals surface area contributed by atoms with E-state index in [1.54, 1.807) is 0 Å². The molecule has 0 aromatic heterocycles. The second kappa shape index (κ2) is 68.6. The lowest BCUT2D eigenvalue weighted by atomic mass is 10.0. The van der Waals surface area contributed by atoms with E-state index < -0.39 is 6.10 Å². The fourth-order valence-electron chi connectivity index (χ4n) is 9.58. The molecule has 1 atom stereocenters. The van der Waals surface area contributed by atoms with Gasteiger partial charge in [0, 0.05) is 19.3 Å². The van der Waals surface area contributed by atoms with Crippen LogP contribution in [0.15, 0.2) is 109 Å². The van der Waals surface area contributed by atoms with Gasteiger partial charge in [-0.3, -0.25) is 14.4 Å². The number of carbonyl (C=O) groups is 3. The summed E-state index contributed by atoms with van der Waals surface area (Å²) in [5, 5.41) is 0. The van der Waals surface area contributed by atoms with Crippen LogP contribution in [0.5, 0.6) is 0 Å². The number of ether oxygens (including phenoxy) is 3. The summed E-state index contributed by atoms with van der Waals surface area (Å²) in [4.78, 5) is 38.3. The van der Waals surface area contributed by atoms with Gasteiger partial charge in [-0.1, -0.05) is 297 Å². The van der Waals surface area contributed by atoms with E-state index in [1.807, 2.05) is 0 Å². The van der Waals surface area contributed by atoms with Crippen LogP contribution in [0.1, 0.15) is 329 Å². The van der Waals surface area contributed by atoms with E-state index >= 15 is 0 Å². The van der Waals surface area contributed by atoms with Crippen LogP contribution < -0.4 is 0 Å². The molecular formula is C75H128O6. The van der Waals surface area contributed by atoms with Crippen LogP contribution in [-0.4, -0.2) is 37.2 Å². The van der Waals surface area contributed by atoms with Gasteiger partial charge in [-0.25, -0.2) is 0 Å². The van der Waals surface area contributed by atoms with Crippen molar-refractivity contribution in [2.75, 3.05) is 13.2 Å². The molecule has 0 N–H and O–H groups in total. The molecular weight excluding hydrogens is 997 g/mol. The van der Waals surface area contributed by atoms with E-state index in [0.717, 1.165) is 116 Å². The molecule has 1 unspecified atom stereocenters. The fraction of sp³-hybridized carbons (Fsp3) is 0.720. The summed E-state index contributed by atoms with van der Waals surface area (Å²) in [5.74, 6) is -0.888. The molecule has 6 nitrogen and oxygen atoms in total. The van der Waals surface area contributed by atoms with E-state index in [4.69, 9.17) is 14.2 Å². The first-order chi connectivity index (χ1) is 40.0. The Balaban J connectivity index is 4.13. The van der Waals surface area contributed by atoms with Crippen molar-refractivity contribution in [1.29, 1.82) is 0 Å². The molecule has 0 rings (SSSR count). The quantitative estimate of drug-likeness (QED) is 0.0261. The van der Waals surface area contributed by atoms with Crippen molar-refractivity contribution in [1.82, 2.24) is 0 Å². The number of hydrogen-bond acceptors (Lipinski definition) is 6. The Morgan fingerprint density at radius 2 is 0.494 bits per heavy atom. The maximum absolute atomic E-state index is 12.9. The lowest BCUT2D eigenvalue weighted by Gasteiger charge is -2.18. The average molecular weight is 1130 g/mol. The van der Waals surface area contributed by atoms with E-state index in [-0.39, 0.29) is 31.1 Å². The molecule has 0 spiro atoms. The van der Waals surface area contributed by atoms with Crippen molar-refractivity contribution in [2.45, 2.75) is 335 Å². The summed E-state index contributed by atoms with van der Waals surface area (Å²) in [5.41, 5.74) is 0. The third-order valence-corrected chi connectivity index (χ3v) is 14.7. The predicted molar refractivity (Wildman–Crippen MR) is 353 cm³/mol. The molecule has 0 aliphatic heterocycles. The number of rotatable bonds is 62. The van der Waals surface area contributed by atoms with E-state index in [9.17, 15) is 14.4 Å². The Labute approximate surface area is 501 Å². The summed E-state index contributed by atoms with van der Waals surface area (Å²) < 4.78 is 16.9. The predicted octanol–water partition coefficient (Wildman–Crippen LogP) is 23.8. The highest BCUT2D eigenvalue weighted by atomic mass is 16.6. The van der Waals surface area contributed by atoms with Gasteiger partial charge in [0.15, 0.2) is 6.10 Å². The van der Waals surface area contributed by atoms with Gasteiger partial charge in [0.2, 0.25) is 0 Å². The van der Waals surface area contributed by atoms with Crippen LogP contribution in [0, 0.1) is 0 Å². The summed E-state index contributed by atoms with van der Waals surface area (Å²) in [6.07, 6.45) is 94.1. The van der Waals surface area contributed by atoms with Gasteiger partial charge in [0.25, 0.3) is 0 Å². The number of esters is 3. The highest BCUT2D eigenvalue weighted by Crippen LogP contribution is 2.17. The van der Waals surface area contributed by atoms with E-state index in [2.05, 4.69) is 130 Å². The molecule has 0 radical (unpaired) electrons. The molecule has 0 aromatic carbocycles. The minimum Gasteiger partial charge on any atom is -0.462 e. The Morgan fingerprint density at radius 3 is 0.802 bits per heavy atom. The summed E-state index contributed by atoms with van der Waals surface area (Å²) >= 11 is 0. The van der Waals surface area contributed by atoms with Gasteiger partial charge in [-0.2, -0.15) is 0 Å². The monoisotopic (exact) mass is 1120 g/mol. The van der Waals surface area contributed by atoms with Gasteiger partial charge in [0.1, 0.15) is 13.2 Å². The van der Waals surface area contributed by atoms with Crippen molar-refractivity contribution in [3.63, 3.8) is 0 Å². The van der Waals surface area contributed by atoms with Crippen molar-refractivity contribution >= 4 is 17.9 Å². The molecule has 6 heteroatoms. The molecule has 0 saturated carbocycles. The molecule has 0 saturated heterocycles. The van der Waals surface area contributed by atoms with E-state index in [1.165, 1.54) is 173 Å². The molecule has 0 fully saturated rings.